The fraction of sp³-hybridized carbons (Fsp3) is 0.379. The number of nitrogens with one attached hydrogen (secondary N) is 1. The molecule has 0 bridgehead atoms. The lowest BCUT2D eigenvalue weighted by molar-refractivity contribution is -0.274. The molecule has 0 saturated carbocycles. The largest absolute Gasteiger partial charge is 0.573 e. The number of carbonyl (C=O) groups is 1. The summed E-state index contributed by atoms with van der Waals surface area (Å²) in [5, 5.41) is 2.37. The van der Waals surface area contributed by atoms with E-state index in [4.69, 9.17) is 0 Å². The van der Waals surface area contributed by atoms with E-state index in [0.29, 0.717) is 5.92 Å². The SMILES string of the molecule is CC(C)c1ccc(CNC(=O)[C@H]2C[C@H](S(=O)Cc3ccncc3)CCN2S(=O)(=O)c2ccc(OC(F)(F)F)cc2)cc1. The molecule has 2 aromatic carbocycles. The molecule has 1 amide bonds. The first kappa shape index (κ1) is 31.6. The molecule has 1 aliphatic heterocycles. The Morgan fingerprint density at radius 1 is 1.05 bits per heavy atom. The zero-order chi connectivity index (χ0) is 30.5. The minimum Gasteiger partial charge on any atom is -0.406 e. The summed E-state index contributed by atoms with van der Waals surface area (Å²) in [6, 6.07) is 13.9. The minimum atomic E-state index is -4.92. The van der Waals surface area contributed by atoms with Gasteiger partial charge in [-0.1, -0.05) is 38.1 Å². The van der Waals surface area contributed by atoms with Gasteiger partial charge in [-0.25, -0.2) is 8.42 Å². The van der Waals surface area contributed by atoms with Crippen LogP contribution in [0.25, 0.3) is 0 Å². The minimum absolute atomic E-state index is 0.0182. The van der Waals surface area contributed by atoms with Crippen molar-refractivity contribution in [1.82, 2.24) is 14.6 Å². The topological polar surface area (TPSA) is 106 Å². The first-order valence-corrected chi connectivity index (χ1v) is 16.2. The molecular formula is C29H32F3N3O5S2. The summed E-state index contributed by atoms with van der Waals surface area (Å²) >= 11 is 0. The van der Waals surface area contributed by atoms with Crippen molar-refractivity contribution in [3.8, 4) is 5.75 Å². The molecule has 226 valence electrons. The quantitative estimate of drug-likeness (QED) is 0.345. The molecular weight excluding hydrogens is 591 g/mol. The van der Waals surface area contributed by atoms with Gasteiger partial charge in [0.05, 0.1) is 4.90 Å². The second kappa shape index (κ2) is 13.3. The third-order valence-electron chi connectivity index (χ3n) is 7.01. The number of piperidine rings is 1. The molecule has 42 heavy (non-hydrogen) atoms. The van der Waals surface area contributed by atoms with Crippen LogP contribution in [-0.2, 0) is 37.9 Å². The van der Waals surface area contributed by atoms with Gasteiger partial charge in [-0.2, -0.15) is 4.31 Å². The van der Waals surface area contributed by atoms with Crippen molar-refractivity contribution >= 4 is 26.7 Å². The van der Waals surface area contributed by atoms with E-state index < -0.39 is 50.1 Å². The first-order chi connectivity index (χ1) is 19.8. The summed E-state index contributed by atoms with van der Waals surface area (Å²) in [5.74, 6) is -0.538. The van der Waals surface area contributed by atoms with Crippen LogP contribution in [0.1, 0.15) is 49.3 Å². The van der Waals surface area contributed by atoms with Gasteiger partial charge < -0.3 is 10.1 Å². The maximum atomic E-state index is 13.6. The van der Waals surface area contributed by atoms with Crippen molar-refractivity contribution < 1.29 is 35.3 Å². The zero-order valence-corrected chi connectivity index (χ0v) is 24.7. The summed E-state index contributed by atoms with van der Waals surface area (Å²) in [7, 11) is -5.69. The zero-order valence-electron chi connectivity index (χ0n) is 23.1. The molecule has 1 aromatic heterocycles. The van der Waals surface area contributed by atoms with Crippen molar-refractivity contribution in [3.05, 3.63) is 89.7 Å². The number of aromatic nitrogens is 1. The monoisotopic (exact) mass is 623 g/mol. The standard InChI is InChI=1S/C29H32F3N3O5S2/c1-20(2)23-5-3-21(4-6-23)18-34-28(36)27-17-25(41(37)19-22-11-14-33-15-12-22)13-16-35(27)42(38,39)26-9-7-24(8-10-26)40-29(30,31)32/h3-12,14-15,20,25,27H,13,16-19H2,1-2H3,(H,34,36)/t25-,27-,41?/m1/s1. The van der Waals surface area contributed by atoms with E-state index in [1.165, 1.54) is 0 Å². The number of alkyl halides is 3. The van der Waals surface area contributed by atoms with E-state index >= 15 is 0 Å². The van der Waals surface area contributed by atoms with Crippen LogP contribution < -0.4 is 10.1 Å². The highest BCUT2D eigenvalue weighted by Gasteiger charge is 2.42. The summed E-state index contributed by atoms with van der Waals surface area (Å²) in [6.45, 7) is 4.22. The second-order valence-corrected chi connectivity index (χ2v) is 13.9. The molecule has 3 aromatic rings. The van der Waals surface area contributed by atoms with Crippen LogP contribution in [0.3, 0.4) is 0 Å². The highest BCUT2D eigenvalue weighted by molar-refractivity contribution is 7.89. The summed E-state index contributed by atoms with van der Waals surface area (Å²) < 4.78 is 83.2. The maximum Gasteiger partial charge on any atom is 0.573 e. The molecule has 13 heteroatoms. The Morgan fingerprint density at radius 3 is 2.29 bits per heavy atom. The van der Waals surface area contributed by atoms with E-state index in [1.807, 2.05) is 24.3 Å². The van der Waals surface area contributed by atoms with Gasteiger partial charge in [-0.05, 0) is 71.8 Å². The van der Waals surface area contributed by atoms with Crippen LogP contribution in [0.4, 0.5) is 13.2 Å². The number of benzene rings is 2. The Kier molecular flexibility index (Phi) is 10.1. The molecule has 1 aliphatic rings. The molecule has 0 spiro atoms. The fourth-order valence-corrected chi connectivity index (χ4v) is 7.85. The van der Waals surface area contributed by atoms with Crippen LogP contribution in [0, 0.1) is 0 Å². The Labute approximate surface area is 245 Å². The van der Waals surface area contributed by atoms with Gasteiger partial charge >= 0.3 is 6.36 Å². The lowest BCUT2D eigenvalue weighted by atomic mass is 10.0. The van der Waals surface area contributed by atoms with Gasteiger partial charge in [-0.15, -0.1) is 13.2 Å². The number of ether oxygens (including phenoxy) is 1. The predicted molar refractivity (Wildman–Crippen MR) is 152 cm³/mol. The summed E-state index contributed by atoms with van der Waals surface area (Å²) in [6.07, 6.45) is -1.48. The maximum absolute atomic E-state index is 13.6. The number of carbonyl (C=O) groups excluding carboxylic acids is 1. The number of sulfonamides is 1. The van der Waals surface area contributed by atoms with Crippen LogP contribution in [0.5, 0.6) is 5.75 Å². The number of hydrogen-bond donors (Lipinski definition) is 1. The van der Waals surface area contributed by atoms with Crippen molar-refractivity contribution in [2.24, 2.45) is 0 Å². The smallest absolute Gasteiger partial charge is 0.406 e. The lowest BCUT2D eigenvalue weighted by Crippen LogP contribution is -2.55. The van der Waals surface area contributed by atoms with Gasteiger partial charge in [0, 0.05) is 47.3 Å². The summed E-state index contributed by atoms with van der Waals surface area (Å²) in [4.78, 5) is 17.2. The number of nitrogens with zero attached hydrogens (tertiary/aromatic N) is 2. The van der Waals surface area contributed by atoms with Crippen molar-refractivity contribution in [2.75, 3.05) is 6.54 Å². The van der Waals surface area contributed by atoms with Crippen LogP contribution in [0.15, 0.2) is 78.0 Å². The molecule has 1 unspecified atom stereocenters. The Bertz CT molecular complexity index is 1480. The molecule has 8 nitrogen and oxygen atoms in total. The predicted octanol–water partition coefficient (Wildman–Crippen LogP) is 4.89. The van der Waals surface area contributed by atoms with E-state index in [9.17, 15) is 30.6 Å². The van der Waals surface area contributed by atoms with Gasteiger partial charge in [0.25, 0.3) is 0 Å². The highest BCUT2D eigenvalue weighted by atomic mass is 32.2. The normalized spacial score (nSPS) is 18.9. The number of pyridine rings is 1. The average Bonchev–Trinajstić information content (AvgIpc) is 2.95. The number of amides is 1. The Hall–Kier alpha value is -3.29. The van der Waals surface area contributed by atoms with Crippen molar-refractivity contribution in [3.63, 3.8) is 0 Å². The van der Waals surface area contributed by atoms with Gasteiger partial charge in [0.15, 0.2) is 0 Å². The van der Waals surface area contributed by atoms with Gasteiger partial charge in [-0.3, -0.25) is 14.0 Å². The molecule has 1 N–H and O–H groups in total. The second-order valence-electron chi connectivity index (χ2n) is 10.3. The van der Waals surface area contributed by atoms with Gasteiger partial charge in [0.1, 0.15) is 11.8 Å². The Morgan fingerprint density at radius 2 is 1.69 bits per heavy atom. The summed E-state index contributed by atoms with van der Waals surface area (Å²) in [5.41, 5.74) is 2.78. The van der Waals surface area contributed by atoms with E-state index in [1.54, 1.807) is 24.5 Å². The molecule has 0 aliphatic carbocycles. The number of hydrogen-bond acceptors (Lipinski definition) is 6. The lowest BCUT2D eigenvalue weighted by Gasteiger charge is -2.37. The third kappa shape index (κ3) is 8.17. The van der Waals surface area contributed by atoms with Crippen molar-refractivity contribution in [2.45, 2.75) is 67.5 Å². The highest BCUT2D eigenvalue weighted by Crippen LogP contribution is 2.31. The van der Waals surface area contributed by atoms with Crippen LogP contribution >= 0.6 is 0 Å². The number of rotatable bonds is 10. The molecule has 2 heterocycles. The molecule has 1 saturated heterocycles. The number of halogens is 3. The Balaban J connectivity index is 1.55. The third-order valence-corrected chi connectivity index (χ3v) is 10.7. The first-order valence-electron chi connectivity index (χ1n) is 13.3. The average molecular weight is 624 g/mol. The fourth-order valence-electron chi connectivity index (χ4n) is 4.71. The molecule has 0 radical (unpaired) electrons. The molecule has 3 atom stereocenters. The van der Waals surface area contributed by atoms with E-state index in [2.05, 4.69) is 28.9 Å². The van der Waals surface area contributed by atoms with Crippen molar-refractivity contribution in [1.29, 1.82) is 0 Å². The molecule has 4 rings (SSSR count). The molecule has 1 fully saturated rings. The van der Waals surface area contributed by atoms with E-state index in [0.717, 1.165) is 45.3 Å². The van der Waals surface area contributed by atoms with Crippen LogP contribution in [-0.4, -0.2) is 52.0 Å². The van der Waals surface area contributed by atoms with Crippen LogP contribution in [0.2, 0.25) is 0 Å². The van der Waals surface area contributed by atoms with Gasteiger partial charge in [0.2, 0.25) is 15.9 Å². The van der Waals surface area contributed by atoms with E-state index in [-0.39, 0.29) is 36.6 Å².